The Morgan fingerprint density at radius 2 is 1.76 bits per heavy atom. The van der Waals surface area contributed by atoms with Crippen LogP contribution in [0.2, 0.25) is 4.34 Å². The third-order valence-corrected chi connectivity index (χ3v) is 7.03. The quantitative estimate of drug-likeness (QED) is 0.497. The molecule has 2 aliphatic carbocycles. The molecule has 2 aromatic heterocycles. The molecule has 0 radical (unpaired) electrons. The van der Waals surface area contributed by atoms with Crippen molar-refractivity contribution in [3.05, 3.63) is 22.4 Å². The summed E-state index contributed by atoms with van der Waals surface area (Å²) in [5.74, 6) is 1.47. The lowest BCUT2D eigenvalue weighted by molar-refractivity contribution is -0.121. The van der Waals surface area contributed by atoms with Gasteiger partial charge in [-0.05, 0) is 25.7 Å². The van der Waals surface area contributed by atoms with Gasteiger partial charge in [-0.3, -0.25) is 9.20 Å². The fourth-order valence-corrected chi connectivity index (χ4v) is 5.39. The highest BCUT2D eigenvalue weighted by atomic mass is 79.9. The lowest BCUT2D eigenvalue weighted by Gasteiger charge is -2.19. The molecule has 0 spiro atoms. The number of carbonyl (C=O) groups excluding carboxylic acids is 1. The molecular weight excluding hydrogens is 420 g/mol. The van der Waals surface area contributed by atoms with Crippen LogP contribution >= 0.6 is 38.9 Å². The first-order chi connectivity index (χ1) is 12.2. The highest BCUT2D eigenvalue weighted by molar-refractivity contribution is 9.09. The van der Waals surface area contributed by atoms with Crippen LogP contribution in [0.1, 0.15) is 75.8 Å². The van der Waals surface area contributed by atoms with Crippen LogP contribution in [-0.4, -0.2) is 20.5 Å². The zero-order valence-corrected chi connectivity index (χ0v) is 17.7. The van der Waals surface area contributed by atoms with Crippen molar-refractivity contribution in [3.63, 3.8) is 0 Å². The molecule has 0 N–H and O–H groups in total. The molecule has 0 amide bonds. The van der Waals surface area contributed by atoms with Gasteiger partial charge in [0, 0.05) is 24.2 Å². The maximum Gasteiger partial charge on any atom is 0.195 e. The third-order valence-electron chi connectivity index (χ3n) is 5.36. The molecule has 25 heavy (non-hydrogen) atoms. The number of hydrogen-bond acceptors (Lipinski definition) is 3. The summed E-state index contributed by atoms with van der Waals surface area (Å²) < 4.78 is 2.87. The second-order valence-electron chi connectivity index (χ2n) is 7.16. The Balaban J connectivity index is 0.000000160. The number of alkyl halides is 1. The Morgan fingerprint density at radius 3 is 2.36 bits per heavy atom. The highest BCUT2D eigenvalue weighted by Crippen LogP contribution is 2.33. The molecule has 4 rings (SSSR count). The lowest BCUT2D eigenvalue weighted by Crippen LogP contribution is -2.18. The zero-order valence-electron chi connectivity index (χ0n) is 14.6. The van der Waals surface area contributed by atoms with Gasteiger partial charge in [0.15, 0.2) is 4.96 Å². The van der Waals surface area contributed by atoms with E-state index in [0.717, 1.165) is 22.1 Å². The monoisotopic (exact) mass is 444 g/mol. The minimum absolute atomic E-state index is 0.383. The van der Waals surface area contributed by atoms with E-state index in [0.29, 0.717) is 22.9 Å². The lowest BCUT2D eigenvalue weighted by atomic mass is 9.87. The van der Waals surface area contributed by atoms with Gasteiger partial charge in [0.1, 0.15) is 10.1 Å². The van der Waals surface area contributed by atoms with E-state index in [2.05, 4.69) is 31.5 Å². The van der Waals surface area contributed by atoms with E-state index in [-0.39, 0.29) is 0 Å². The normalized spacial score (nSPS) is 19.6. The summed E-state index contributed by atoms with van der Waals surface area (Å²) >= 11 is 10.7. The first-order valence-electron chi connectivity index (χ1n) is 9.40. The summed E-state index contributed by atoms with van der Waals surface area (Å²) in [5.41, 5.74) is 1.26. The van der Waals surface area contributed by atoms with Crippen LogP contribution in [0.3, 0.4) is 0 Å². The Labute approximate surface area is 167 Å². The van der Waals surface area contributed by atoms with Gasteiger partial charge in [-0.25, -0.2) is 4.98 Å². The number of rotatable bonds is 3. The predicted octanol–water partition coefficient (Wildman–Crippen LogP) is 6.63. The first-order valence-corrected chi connectivity index (χ1v) is 11.7. The van der Waals surface area contributed by atoms with Crippen LogP contribution < -0.4 is 0 Å². The van der Waals surface area contributed by atoms with E-state index in [4.69, 9.17) is 11.6 Å². The molecule has 2 fully saturated rings. The molecule has 3 nitrogen and oxygen atoms in total. The van der Waals surface area contributed by atoms with Crippen LogP contribution in [0.25, 0.3) is 4.96 Å². The Hall–Kier alpha value is -0.390. The number of hydrogen-bond donors (Lipinski definition) is 0. The van der Waals surface area contributed by atoms with Crippen molar-refractivity contribution in [2.24, 2.45) is 5.92 Å². The van der Waals surface area contributed by atoms with Crippen LogP contribution in [0, 0.1) is 5.92 Å². The zero-order chi connectivity index (χ0) is 17.6. The van der Waals surface area contributed by atoms with E-state index < -0.39 is 0 Å². The molecule has 0 aromatic carbocycles. The van der Waals surface area contributed by atoms with Crippen LogP contribution in [0.5, 0.6) is 0 Å². The van der Waals surface area contributed by atoms with Gasteiger partial charge in [-0.1, -0.05) is 77.4 Å². The van der Waals surface area contributed by atoms with Gasteiger partial charge < -0.3 is 0 Å². The van der Waals surface area contributed by atoms with Gasteiger partial charge in [0.2, 0.25) is 0 Å². The summed E-state index contributed by atoms with van der Waals surface area (Å²) in [6.45, 7) is 0. The number of imidazole rings is 1. The number of Topliss-reactive ketones (excluding diaryl/α,β-unsaturated/α-hetero) is 1. The number of halogens is 2. The van der Waals surface area contributed by atoms with Crippen molar-refractivity contribution in [1.82, 2.24) is 9.38 Å². The SMILES string of the molecule is Clc1cn2cc(C3CCCCC3)nc2s1.O=C(CBr)C1CCCCC1. The fourth-order valence-electron chi connectivity index (χ4n) is 3.91. The van der Waals surface area contributed by atoms with Crippen molar-refractivity contribution in [1.29, 1.82) is 0 Å². The molecule has 6 heteroatoms. The van der Waals surface area contributed by atoms with Crippen molar-refractivity contribution < 1.29 is 4.79 Å². The predicted molar refractivity (Wildman–Crippen MR) is 109 cm³/mol. The maximum atomic E-state index is 11.1. The number of carbonyl (C=O) groups is 1. The van der Waals surface area contributed by atoms with Gasteiger partial charge in [-0.2, -0.15) is 0 Å². The smallest absolute Gasteiger partial charge is 0.195 e. The van der Waals surface area contributed by atoms with E-state index in [1.165, 1.54) is 57.1 Å². The maximum absolute atomic E-state index is 11.1. The summed E-state index contributed by atoms with van der Waals surface area (Å²) in [6, 6.07) is 0. The van der Waals surface area contributed by atoms with E-state index in [1.54, 1.807) is 11.3 Å². The average Bonchev–Trinajstić information content (AvgIpc) is 3.20. The summed E-state index contributed by atoms with van der Waals surface area (Å²) in [5, 5.41) is 0.553. The van der Waals surface area contributed by atoms with Crippen molar-refractivity contribution >= 4 is 49.6 Å². The first kappa shape index (κ1) is 19.4. The number of thiazole rings is 1. The number of ketones is 1. The Morgan fingerprint density at radius 1 is 1.12 bits per heavy atom. The van der Waals surface area contributed by atoms with Crippen molar-refractivity contribution in [2.45, 2.75) is 70.1 Å². The van der Waals surface area contributed by atoms with Crippen LogP contribution in [0.15, 0.2) is 12.4 Å². The standard InChI is InChI=1S/C11H13ClN2S.C8H13BrO/c12-10-7-14-6-9(13-11(14)15-10)8-4-2-1-3-5-8;9-6-8(10)7-4-2-1-3-5-7/h6-8H,1-5H2;7H,1-6H2. The number of aromatic nitrogens is 2. The molecule has 2 aliphatic rings. The summed E-state index contributed by atoms with van der Waals surface area (Å²) in [6.07, 6.45) is 16.9. The van der Waals surface area contributed by atoms with Gasteiger partial charge >= 0.3 is 0 Å². The van der Waals surface area contributed by atoms with Gasteiger partial charge in [0.25, 0.3) is 0 Å². The number of fused-ring (bicyclic) bond motifs is 1. The second kappa shape index (κ2) is 9.52. The molecule has 2 heterocycles. The third kappa shape index (κ3) is 5.30. The number of nitrogens with zero attached hydrogens (tertiary/aromatic N) is 2. The fraction of sp³-hybridized carbons (Fsp3) is 0.684. The molecule has 2 aromatic rings. The minimum atomic E-state index is 0.383. The van der Waals surface area contributed by atoms with E-state index in [1.807, 2.05) is 6.20 Å². The van der Waals surface area contributed by atoms with Gasteiger partial charge in [-0.15, -0.1) is 0 Å². The van der Waals surface area contributed by atoms with E-state index in [9.17, 15) is 4.79 Å². The summed E-state index contributed by atoms with van der Waals surface area (Å²) in [4.78, 5) is 16.8. The molecule has 0 aliphatic heterocycles. The molecule has 0 atom stereocenters. The Kier molecular flexibility index (Phi) is 7.38. The minimum Gasteiger partial charge on any atom is -0.298 e. The largest absolute Gasteiger partial charge is 0.298 e. The molecule has 2 saturated carbocycles. The van der Waals surface area contributed by atoms with Gasteiger partial charge in [0.05, 0.1) is 11.0 Å². The summed E-state index contributed by atoms with van der Waals surface area (Å²) in [7, 11) is 0. The van der Waals surface area contributed by atoms with Crippen molar-refractivity contribution in [3.8, 4) is 0 Å². The van der Waals surface area contributed by atoms with Crippen molar-refractivity contribution in [2.75, 3.05) is 5.33 Å². The molecule has 0 saturated heterocycles. The molecule has 0 unspecified atom stereocenters. The van der Waals surface area contributed by atoms with E-state index >= 15 is 0 Å². The van der Waals surface area contributed by atoms with Crippen LogP contribution in [-0.2, 0) is 4.79 Å². The van der Waals surface area contributed by atoms with Crippen LogP contribution in [0.4, 0.5) is 0 Å². The second-order valence-corrected chi connectivity index (χ2v) is 9.36. The Bertz CT molecular complexity index is 655. The molecule has 138 valence electrons. The molecule has 0 bridgehead atoms. The highest BCUT2D eigenvalue weighted by Gasteiger charge is 2.20. The topological polar surface area (TPSA) is 34.4 Å². The average molecular weight is 446 g/mol. The molecular formula is C19H26BrClN2OS.